The Kier molecular flexibility index (Phi) is 7.15. The van der Waals surface area contributed by atoms with E-state index in [1.54, 1.807) is 0 Å². The standard InChI is InChI=1S/C11H26N2O/c1-9(2)6-11(8-13(4)5)12-7-10(3)14/h9-12,14H,6-8H2,1-5H3/t10-,11?/m1/s1. The molecule has 0 rings (SSSR count). The Morgan fingerprint density at radius 1 is 1.21 bits per heavy atom. The molecule has 0 aromatic carbocycles. The second kappa shape index (κ2) is 7.21. The van der Waals surface area contributed by atoms with E-state index in [-0.39, 0.29) is 6.10 Å². The fraction of sp³-hybridized carbons (Fsp3) is 1.00. The van der Waals surface area contributed by atoms with Crippen molar-refractivity contribution in [1.29, 1.82) is 0 Å². The molecular formula is C11H26N2O. The summed E-state index contributed by atoms with van der Waals surface area (Å²) < 4.78 is 0. The highest BCUT2D eigenvalue weighted by atomic mass is 16.3. The number of aliphatic hydroxyl groups is 1. The molecule has 0 aliphatic carbocycles. The number of likely N-dealkylation sites (N-methyl/N-ethyl adjacent to an activating group) is 1. The molecule has 0 heterocycles. The molecule has 0 amide bonds. The Bertz CT molecular complexity index is 125. The predicted octanol–water partition coefficient (Wildman–Crippen LogP) is 0.933. The molecule has 0 saturated carbocycles. The first kappa shape index (κ1) is 13.9. The van der Waals surface area contributed by atoms with Crippen LogP contribution in [-0.2, 0) is 0 Å². The van der Waals surface area contributed by atoms with Crippen molar-refractivity contribution in [2.75, 3.05) is 27.2 Å². The Labute approximate surface area is 88.5 Å². The summed E-state index contributed by atoms with van der Waals surface area (Å²) in [4.78, 5) is 2.18. The highest BCUT2D eigenvalue weighted by molar-refractivity contribution is 4.72. The number of rotatable bonds is 7. The van der Waals surface area contributed by atoms with Gasteiger partial charge in [0.1, 0.15) is 0 Å². The van der Waals surface area contributed by atoms with E-state index >= 15 is 0 Å². The second-order valence-corrected chi connectivity index (χ2v) is 4.85. The van der Waals surface area contributed by atoms with Gasteiger partial charge in [0.05, 0.1) is 6.10 Å². The zero-order valence-electron chi connectivity index (χ0n) is 10.2. The van der Waals surface area contributed by atoms with E-state index < -0.39 is 0 Å². The maximum atomic E-state index is 9.19. The average molecular weight is 202 g/mol. The molecule has 0 bridgehead atoms. The number of aliphatic hydroxyl groups excluding tert-OH is 1. The van der Waals surface area contributed by atoms with Crippen LogP contribution in [0, 0.1) is 5.92 Å². The Hall–Kier alpha value is -0.120. The van der Waals surface area contributed by atoms with Gasteiger partial charge in [-0.05, 0) is 33.4 Å². The molecule has 0 fully saturated rings. The lowest BCUT2D eigenvalue weighted by Gasteiger charge is -2.24. The summed E-state index contributed by atoms with van der Waals surface area (Å²) in [5, 5.41) is 12.6. The van der Waals surface area contributed by atoms with Gasteiger partial charge in [-0.25, -0.2) is 0 Å². The van der Waals surface area contributed by atoms with Crippen LogP contribution in [0.2, 0.25) is 0 Å². The number of nitrogens with one attached hydrogen (secondary N) is 1. The van der Waals surface area contributed by atoms with E-state index in [0.717, 1.165) is 13.0 Å². The van der Waals surface area contributed by atoms with E-state index in [0.29, 0.717) is 18.5 Å². The molecule has 0 aromatic heterocycles. The van der Waals surface area contributed by atoms with Crippen molar-refractivity contribution in [3.05, 3.63) is 0 Å². The highest BCUT2D eigenvalue weighted by Crippen LogP contribution is 2.05. The summed E-state index contributed by atoms with van der Waals surface area (Å²) in [5.41, 5.74) is 0. The Balaban J connectivity index is 3.84. The molecule has 14 heavy (non-hydrogen) atoms. The molecule has 86 valence electrons. The summed E-state index contributed by atoms with van der Waals surface area (Å²) in [6.45, 7) is 7.99. The molecule has 0 aliphatic heterocycles. The minimum absolute atomic E-state index is 0.258. The van der Waals surface area contributed by atoms with Gasteiger partial charge in [-0.3, -0.25) is 0 Å². The first-order valence-electron chi connectivity index (χ1n) is 5.48. The SMILES string of the molecule is CC(C)CC(CN(C)C)NC[C@@H](C)O. The van der Waals surface area contributed by atoms with Crippen LogP contribution < -0.4 is 5.32 Å². The summed E-state index contributed by atoms with van der Waals surface area (Å²) in [7, 11) is 4.16. The van der Waals surface area contributed by atoms with Gasteiger partial charge >= 0.3 is 0 Å². The van der Waals surface area contributed by atoms with Gasteiger partial charge in [-0.2, -0.15) is 0 Å². The van der Waals surface area contributed by atoms with Crippen LogP contribution in [0.15, 0.2) is 0 Å². The Morgan fingerprint density at radius 3 is 2.14 bits per heavy atom. The zero-order valence-corrected chi connectivity index (χ0v) is 10.2. The fourth-order valence-electron chi connectivity index (χ4n) is 1.57. The number of hydrogen-bond acceptors (Lipinski definition) is 3. The molecule has 1 unspecified atom stereocenters. The third-order valence-electron chi connectivity index (χ3n) is 2.04. The first-order valence-corrected chi connectivity index (χ1v) is 5.48. The van der Waals surface area contributed by atoms with Crippen molar-refractivity contribution < 1.29 is 5.11 Å². The predicted molar refractivity (Wildman–Crippen MR) is 61.5 cm³/mol. The van der Waals surface area contributed by atoms with Gasteiger partial charge in [-0.1, -0.05) is 13.8 Å². The molecule has 0 radical (unpaired) electrons. The Morgan fingerprint density at radius 2 is 1.79 bits per heavy atom. The third kappa shape index (κ3) is 8.48. The molecule has 0 aliphatic rings. The summed E-state index contributed by atoms with van der Waals surface area (Å²) in [6.07, 6.45) is 0.900. The van der Waals surface area contributed by atoms with Crippen molar-refractivity contribution in [2.24, 2.45) is 5.92 Å². The summed E-state index contributed by atoms with van der Waals surface area (Å²) in [5.74, 6) is 0.696. The lowest BCUT2D eigenvalue weighted by molar-refractivity contribution is 0.178. The topological polar surface area (TPSA) is 35.5 Å². The van der Waals surface area contributed by atoms with Crippen LogP contribution in [0.1, 0.15) is 27.2 Å². The van der Waals surface area contributed by atoms with Crippen molar-refractivity contribution in [1.82, 2.24) is 10.2 Å². The quantitative estimate of drug-likeness (QED) is 0.645. The van der Waals surface area contributed by atoms with Gasteiger partial charge in [-0.15, -0.1) is 0 Å². The van der Waals surface area contributed by atoms with Crippen molar-refractivity contribution in [2.45, 2.75) is 39.3 Å². The molecule has 0 saturated heterocycles. The monoisotopic (exact) mass is 202 g/mol. The second-order valence-electron chi connectivity index (χ2n) is 4.85. The third-order valence-corrected chi connectivity index (χ3v) is 2.04. The van der Waals surface area contributed by atoms with Crippen molar-refractivity contribution >= 4 is 0 Å². The van der Waals surface area contributed by atoms with Crippen LogP contribution in [0.25, 0.3) is 0 Å². The number of nitrogens with zero attached hydrogens (tertiary/aromatic N) is 1. The molecule has 0 aromatic rings. The molecule has 3 nitrogen and oxygen atoms in total. The van der Waals surface area contributed by atoms with E-state index in [1.807, 2.05) is 6.92 Å². The van der Waals surface area contributed by atoms with E-state index in [2.05, 4.69) is 38.2 Å². The fourth-order valence-corrected chi connectivity index (χ4v) is 1.57. The van der Waals surface area contributed by atoms with E-state index in [4.69, 9.17) is 0 Å². The molecule has 2 N–H and O–H groups in total. The summed E-state index contributed by atoms with van der Waals surface area (Å²) >= 11 is 0. The zero-order chi connectivity index (χ0) is 11.1. The minimum Gasteiger partial charge on any atom is -0.392 e. The van der Waals surface area contributed by atoms with Gasteiger partial charge in [0, 0.05) is 19.1 Å². The van der Waals surface area contributed by atoms with Gasteiger partial charge in [0.15, 0.2) is 0 Å². The van der Waals surface area contributed by atoms with Gasteiger partial charge in [0.2, 0.25) is 0 Å². The lowest BCUT2D eigenvalue weighted by atomic mass is 10.0. The average Bonchev–Trinajstić information content (AvgIpc) is 1.97. The smallest absolute Gasteiger partial charge is 0.0636 e. The first-order chi connectivity index (χ1) is 6.41. The van der Waals surface area contributed by atoms with Crippen molar-refractivity contribution in [3.8, 4) is 0 Å². The molecule has 3 heteroatoms. The highest BCUT2D eigenvalue weighted by Gasteiger charge is 2.11. The molecular weight excluding hydrogens is 176 g/mol. The normalized spacial score (nSPS) is 16.3. The van der Waals surface area contributed by atoms with Crippen LogP contribution in [0.5, 0.6) is 0 Å². The van der Waals surface area contributed by atoms with Crippen LogP contribution in [0.3, 0.4) is 0 Å². The maximum absolute atomic E-state index is 9.19. The largest absolute Gasteiger partial charge is 0.392 e. The molecule has 0 spiro atoms. The number of hydrogen-bond donors (Lipinski definition) is 2. The maximum Gasteiger partial charge on any atom is 0.0636 e. The van der Waals surface area contributed by atoms with Crippen molar-refractivity contribution in [3.63, 3.8) is 0 Å². The van der Waals surface area contributed by atoms with E-state index in [1.165, 1.54) is 0 Å². The molecule has 2 atom stereocenters. The van der Waals surface area contributed by atoms with Crippen LogP contribution in [0.4, 0.5) is 0 Å². The van der Waals surface area contributed by atoms with Gasteiger partial charge < -0.3 is 15.3 Å². The van der Waals surface area contributed by atoms with Crippen LogP contribution >= 0.6 is 0 Å². The minimum atomic E-state index is -0.258. The summed E-state index contributed by atoms with van der Waals surface area (Å²) in [6, 6.07) is 0.486. The van der Waals surface area contributed by atoms with Gasteiger partial charge in [0.25, 0.3) is 0 Å². The van der Waals surface area contributed by atoms with E-state index in [9.17, 15) is 5.11 Å². The lowest BCUT2D eigenvalue weighted by Crippen LogP contribution is -2.42. The van der Waals surface area contributed by atoms with Crippen LogP contribution in [-0.4, -0.2) is 49.3 Å².